The van der Waals surface area contributed by atoms with Crippen molar-refractivity contribution in [1.29, 1.82) is 0 Å². The Morgan fingerprint density at radius 3 is 2.00 bits per heavy atom. The topological polar surface area (TPSA) is 128 Å². The van der Waals surface area contributed by atoms with Crippen LogP contribution in [0.1, 0.15) is 0 Å². The van der Waals surface area contributed by atoms with Gasteiger partial charge in [0.2, 0.25) is 0 Å². The third-order valence-corrected chi connectivity index (χ3v) is 0.788. The standard InChI is InChI=1S/CH5N3O4Se.Al/c2-1(3)4-8-9(5,6)7;/h(H4,2,3,4)(H,5,6,7);. The molecule has 57 valence electrons. The molecule has 0 aliphatic heterocycles. The molecule has 0 aromatic rings. The normalized spacial score (nSPS) is 9.30. The van der Waals surface area contributed by atoms with Crippen molar-refractivity contribution >= 4 is 36.7 Å². The van der Waals surface area contributed by atoms with E-state index in [4.69, 9.17) is 4.19 Å². The Bertz CT molecular complexity index is 205. The van der Waals surface area contributed by atoms with Gasteiger partial charge in [-0.2, -0.15) is 0 Å². The molecule has 10 heavy (non-hydrogen) atoms. The van der Waals surface area contributed by atoms with Crippen LogP contribution >= 0.6 is 0 Å². The molecule has 0 heterocycles. The van der Waals surface area contributed by atoms with Crippen LogP contribution in [-0.4, -0.2) is 40.9 Å². The molecule has 0 fully saturated rings. The maximum absolute atomic E-state index is 9.72. The average molecular weight is 229 g/mol. The summed E-state index contributed by atoms with van der Waals surface area (Å²) in [7, 11) is 0. The Hall–Kier alpha value is -0.318. The van der Waals surface area contributed by atoms with E-state index < -0.39 is 19.3 Å². The predicted molar refractivity (Wildman–Crippen MR) is 32.0 cm³/mol. The van der Waals surface area contributed by atoms with Gasteiger partial charge in [0.05, 0.1) is 0 Å². The monoisotopic (exact) mass is 230 g/mol. The number of oxime groups is 1. The zero-order chi connectivity index (χ0) is 7.49. The molecule has 0 amide bonds. The van der Waals surface area contributed by atoms with Gasteiger partial charge in [0, 0.05) is 17.4 Å². The summed E-state index contributed by atoms with van der Waals surface area (Å²) in [5.74, 6) is -0.572. The largest absolute Gasteiger partial charge is 0 e. The van der Waals surface area contributed by atoms with Gasteiger partial charge in [0.25, 0.3) is 0 Å². The zero-order valence-electron chi connectivity index (χ0n) is 4.76. The molecular weight excluding hydrogens is 224 g/mol. The minimum atomic E-state index is -5.22. The van der Waals surface area contributed by atoms with Crippen molar-refractivity contribution in [1.82, 2.24) is 0 Å². The molecular formula is CH5AlN3O4Se. The van der Waals surface area contributed by atoms with E-state index in [1.807, 2.05) is 0 Å². The van der Waals surface area contributed by atoms with E-state index in [2.05, 4.69) is 20.5 Å². The first-order chi connectivity index (χ1) is 3.92. The van der Waals surface area contributed by atoms with Crippen LogP contribution in [0.2, 0.25) is 0 Å². The zero-order valence-corrected chi connectivity index (χ0v) is 7.63. The van der Waals surface area contributed by atoms with E-state index in [0.717, 1.165) is 0 Å². The van der Waals surface area contributed by atoms with Gasteiger partial charge in [-0.3, -0.25) is 0 Å². The molecule has 0 bridgehead atoms. The molecule has 5 N–H and O–H groups in total. The molecule has 0 aliphatic rings. The number of rotatable bonds is 2. The number of nitrogens with zero attached hydrogens (tertiary/aromatic N) is 1. The Morgan fingerprint density at radius 2 is 1.90 bits per heavy atom. The first-order valence-corrected chi connectivity index (χ1v) is 4.53. The smallest absolute Gasteiger partial charge is 0 e. The second-order valence-corrected chi connectivity index (χ2v) is 3.13. The molecule has 0 rings (SSSR count). The Balaban J connectivity index is 0. The van der Waals surface area contributed by atoms with Crippen LogP contribution < -0.4 is 11.5 Å². The maximum atomic E-state index is 9.72. The summed E-state index contributed by atoms with van der Waals surface area (Å²) >= 11 is -5.22. The van der Waals surface area contributed by atoms with Gasteiger partial charge in [0.1, 0.15) is 0 Å². The van der Waals surface area contributed by atoms with E-state index in [1.54, 1.807) is 0 Å². The summed E-state index contributed by atoms with van der Waals surface area (Å²) in [6, 6.07) is 0. The van der Waals surface area contributed by atoms with Gasteiger partial charge in [-0.1, -0.05) is 0 Å². The number of guanidine groups is 1. The molecule has 0 saturated heterocycles. The van der Waals surface area contributed by atoms with Crippen LogP contribution in [-0.2, 0) is 11.6 Å². The van der Waals surface area contributed by atoms with Gasteiger partial charge in [-0.05, 0) is 0 Å². The van der Waals surface area contributed by atoms with E-state index >= 15 is 0 Å². The Morgan fingerprint density at radius 1 is 1.50 bits per heavy atom. The fraction of sp³-hybridized carbons (Fsp3) is 0. The molecule has 7 nitrogen and oxygen atoms in total. The van der Waals surface area contributed by atoms with Gasteiger partial charge < -0.3 is 0 Å². The van der Waals surface area contributed by atoms with E-state index in [1.165, 1.54) is 0 Å². The predicted octanol–water partition coefficient (Wildman–Crippen LogP) is -2.90. The second kappa shape index (κ2) is 4.49. The van der Waals surface area contributed by atoms with Crippen LogP contribution in [0.3, 0.4) is 0 Å². The average Bonchev–Trinajstić information content (AvgIpc) is 1.59. The summed E-state index contributed by atoms with van der Waals surface area (Å²) in [4.78, 5) is 0. The fourth-order valence-corrected chi connectivity index (χ4v) is 0.468. The van der Waals surface area contributed by atoms with Gasteiger partial charge in [0.15, 0.2) is 0 Å². The minimum Gasteiger partial charge on any atom is 0 e. The Labute approximate surface area is 69.4 Å². The van der Waals surface area contributed by atoms with Crippen LogP contribution in [0.4, 0.5) is 0 Å². The first kappa shape index (κ1) is 12.4. The first-order valence-electron chi connectivity index (χ1n) is 1.67. The number of hydrogen-bond acceptors (Lipinski definition) is 4. The summed E-state index contributed by atoms with van der Waals surface area (Å²) < 4.78 is 30.7. The van der Waals surface area contributed by atoms with Crippen molar-refractivity contribution < 1.29 is 15.8 Å². The molecule has 0 unspecified atom stereocenters. The van der Waals surface area contributed by atoms with Crippen LogP contribution in [0.25, 0.3) is 0 Å². The molecule has 9 heteroatoms. The molecule has 0 aliphatic carbocycles. The Kier molecular flexibility index (Phi) is 5.55. The van der Waals surface area contributed by atoms with Crippen LogP contribution in [0.5, 0.6) is 0 Å². The third kappa shape index (κ3) is 10.6. The third-order valence-electron chi connectivity index (χ3n) is 0.237. The van der Waals surface area contributed by atoms with Crippen molar-refractivity contribution in [2.45, 2.75) is 0 Å². The van der Waals surface area contributed by atoms with Crippen LogP contribution in [0.15, 0.2) is 5.16 Å². The molecule has 3 radical (unpaired) electrons. The second-order valence-electron chi connectivity index (χ2n) is 1.02. The van der Waals surface area contributed by atoms with Gasteiger partial charge >= 0.3 is 51.7 Å². The summed E-state index contributed by atoms with van der Waals surface area (Å²) in [5, 5.41) is 2.56. The maximum Gasteiger partial charge on any atom is 0 e. The molecule has 0 atom stereocenters. The summed E-state index contributed by atoms with van der Waals surface area (Å²) in [6.07, 6.45) is 0. The van der Waals surface area contributed by atoms with Crippen molar-refractivity contribution in [2.75, 3.05) is 0 Å². The van der Waals surface area contributed by atoms with Crippen molar-refractivity contribution in [3.8, 4) is 0 Å². The van der Waals surface area contributed by atoms with Crippen molar-refractivity contribution in [3.63, 3.8) is 0 Å². The van der Waals surface area contributed by atoms with Crippen molar-refractivity contribution in [3.05, 3.63) is 0 Å². The molecule has 0 aromatic carbocycles. The minimum absolute atomic E-state index is 0. The molecule has 0 spiro atoms. The number of nitrogens with two attached hydrogens (primary N) is 2. The fourth-order valence-electron chi connectivity index (χ4n) is 0.0901. The van der Waals surface area contributed by atoms with E-state index in [9.17, 15) is 7.67 Å². The SMILES string of the molecule is NC(N)=NO[Se](=O)(=O)O.[Al]. The summed E-state index contributed by atoms with van der Waals surface area (Å²) in [6.45, 7) is 0. The summed E-state index contributed by atoms with van der Waals surface area (Å²) in [5.41, 5.74) is 9.28. The van der Waals surface area contributed by atoms with Gasteiger partial charge in [-0.25, -0.2) is 0 Å². The van der Waals surface area contributed by atoms with Gasteiger partial charge in [-0.15, -0.1) is 0 Å². The molecule has 0 aromatic heterocycles. The number of hydrogen-bond donors (Lipinski definition) is 3. The van der Waals surface area contributed by atoms with E-state index in [-0.39, 0.29) is 17.4 Å². The van der Waals surface area contributed by atoms with Crippen molar-refractivity contribution in [2.24, 2.45) is 16.6 Å². The van der Waals surface area contributed by atoms with Crippen LogP contribution in [0, 0.1) is 0 Å². The van der Waals surface area contributed by atoms with E-state index in [0.29, 0.717) is 0 Å². The molecule has 0 saturated carbocycles. The quantitative estimate of drug-likeness (QED) is 0.201.